The molecule has 1 atom stereocenters. The van der Waals surface area contributed by atoms with E-state index in [2.05, 4.69) is 37.5 Å². The van der Waals surface area contributed by atoms with Crippen molar-refractivity contribution < 1.29 is 4.74 Å². The molecule has 0 saturated heterocycles. The summed E-state index contributed by atoms with van der Waals surface area (Å²) in [7, 11) is 1.69. The van der Waals surface area contributed by atoms with E-state index in [4.69, 9.17) is 10.6 Å². The molecule has 16 heavy (non-hydrogen) atoms. The standard InChI is InChI=1S/C13H22N2O/c1-9(2)7-12(15-14)11-6-5-10(3)13(8-11)16-4/h5-6,8-9,12,15H,7,14H2,1-4H3. The first-order valence-corrected chi connectivity index (χ1v) is 5.69. The lowest BCUT2D eigenvalue weighted by molar-refractivity contribution is 0.405. The van der Waals surface area contributed by atoms with E-state index in [1.807, 2.05) is 6.92 Å². The molecule has 0 aliphatic rings. The van der Waals surface area contributed by atoms with Crippen molar-refractivity contribution >= 4 is 0 Å². The topological polar surface area (TPSA) is 47.3 Å². The lowest BCUT2D eigenvalue weighted by Crippen LogP contribution is -2.29. The first kappa shape index (κ1) is 13.0. The van der Waals surface area contributed by atoms with Crippen molar-refractivity contribution in [3.05, 3.63) is 29.3 Å². The van der Waals surface area contributed by atoms with Gasteiger partial charge in [0, 0.05) is 6.04 Å². The average Bonchev–Trinajstić information content (AvgIpc) is 2.26. The van der Waals surface area contributed by atoms with E-state index in [1.165, 1.54) is 5.56 Å². The Morgan fingerprint density at radius 1 is 1.38 bits per heavy atom. The summed E-state index contributed by atoms with van der Waals surface area (Å²) in [5, 5.41) is 0. The third kappa shape index (κ3) is 3.22. The molecule has 3 nitrogen and oxygen atoms in total. The zero-order chi connectivity index (χ0) is 12.1. The number of aryl methyl sites for hydroxylation is 1. The third-order valence-corrected chi connectivity index (χ3v) is 2.74. The summed E-state index contributed by atoms with van der Waals surface area (Å²) in [6.45, 7) is 6.42. The van der Waals surface area contributed by atoms with Crippen molar-refractivity contribution in [3.63, 3.8) is 0 Å². The second kappa shape index (κ2) is 5.87. The molecule has 3 N–H and O–H groups in total. The maximum atomic E-state index is 5.59. The number of hydrogen-bond donors (Lipinski definition) is 2. The van der Waals surface area contributed by atoms with Gasteiger partial charge >= 0.3 is 0 Å². The zero-order valence-electron chi connectivity index (χ0n) is 10.6. The van der Waals surface area contributed by atoms with Crippen LogP contribution < -0.4 is 16.0 Å². The molecule has 0 aliphatic carbocycles. The number of benzene rings is 1. The van der Waals surface area contributed by atoms with E-state index in [0.29, 0.717) is 5.92 Å². The molecule has 90 valence electrons. The van der Waals surface area contributed by atoms with Gasteiger partial charge in [-0.15, -0.1) is 0 Å². The quantitative estimate of drug-likeness (QED) is 0.594. The molecule has 1 unspecified atom stereocenters. The van der Waals surface area contributed by atoms with Crippen LogP contribution in [-0.2, 0) is 0 Å². The van der Waals surface area contributed by atoms with Crippen LogP contribution in [0.25, 0.3) is 0 Å². The van der Waals surface area contributed by atoms with Crippen molar-refractivity contribution in [2.45, 2.75) is 33.2 Å². The summed E-state index contributed by atoms with van der Waals surface area (Å²) in [4.78, 5) is 0. The Morgan fingerprint density at radius 2 is 2.06 bits per heavy atom. The maximum Gasteiger partial charge on any atom is 0.122 e. The van der Waals surface area contributed by atoms with Gasteiger partial charge in [0.05, 0.1) is 7.11 Å². The number of ether oxygens (including phenoxy) is 1. The summed E-state index contributed by atoms with van der Waals surface area (Å²) in [5.41, 5.74) is 5.19. The van der Waals surface area contributed by atoms with Gasteiger partial charge in [0.2, 0.25) is 0 Å². The highest BCUT2D eigenvalue weighted by molar-refractivity contribution is 5.37. The van der Waals surface area contributed by atoms with E-state index in [1.54, 1.807) is 7.11 Å². The molecule has 0 fully saturated rings. The molecule has 0 aromatic heterocycles. The van der Waals surface area contributed by atoms with Crippen LogP contribution in [0.2, 0.25) is 0 Å². The van der Waals surface area contributed by atoms with Crippen LogP contribution in [0.3, 0.4) is 0 Å². The van der Waals surface area contributed by atoms with Gasteiger partial charge in [0.1, 0.15) is 5.75 Å². The molecule has 1 rings (SSSR count). The zero-order valence-corrected chi connectivity index (χ0v) is 10.6. The Hall–Kier alpha value is -1.06. The molecule has 0 radical (unpaired) electrons. The molecule has 0 bridgehead atoms. The first-order valence-electron chi connectivity index (χ1n) is 5.69. The normalized spacial score (nSPS) is 12.9. The first-order chi connectivity index (χ1) is 7.58. The van der Waals surface area contributed by atoms with E-state index in [0.717, 1.165) is 17.7 Å². The predicted molar refractivity (Wildman–Crippen MR) is 67.3 cm³/mol. The lowest BCUT2D eigenvalue weighted by Gasteiger charge is -2.19. The summed E-state index contributed by atoms with van der Waals surface area (Å²) in [5.74, 6) is 7.11. The van der Waals surface area contributed by atoms with Crippen molar-refractivity contribution in [2.75, 3.05) is 7.11 Å². The molecule has 1 aromatic rings. The summed E-state index contributed by atoms with van der Waals surface area (Å²) in [6.07, 6.45) is 1.02. The highest BCUT2D eigenvalue weighted by atomic mass is 16.5. The van der Waals surface area contributed by atoms with Gasteiger partial charge in [-0.2, -0.15) is 0 Å². The fraction of sp³-hybridized carbons (Fsp3) is 0.538. The van der Waals surface area contributed by atoms with Crippen LogP contribution in [0.4, 0.5) is 0 Å². The molecule has 0 saturated carbocycles. The van der Waals surface area contributed by atoms with E-state index in [-0.39, 0.29) is 6.04 Å². The lowest BCUT2D eigenvalue weighted by atomic mass is 9.96. The molecular formula is C13H22N2O. The molecule has 3 heteroatoms. The monoisotopic (exact) mass is 222 g/mol. The third-order valence-electron chi connectivity index (χ3n) is 2.74. The molecule has 0 aliphatic heterocycles. The maximum absolute atomic E-state index is 5.59. The van der Waals surface area contributed by atoms with Gasteiger partial charge in [0.25, 0.3) is 0 Å². The minimum atomic E-state index is 0.189. The minimum Gasteiger partial charge on any atom is -0.496 e. The fourth-order valence-electron chi connectivity index (χ4n) is 1.83. The largest absolute Gasteiger partial charge is 0.496 e. The minimum absolute atomic E-state index is 0.189. The number of nitrogens with two attached hydrogens (primary N) is 1. The molecular weight excluding hydrogens is 200 g/mol. The van der Waals surface area contributed by atoms with Crippen molar-refractivity contribution in [1.82, 2.24) is 5.43 Å². The Labute approximate surface area is 98.0 Å². The van der Waals surface area contributed by atoms with Gasteiger partial charge < -0.3 is 4.74 Å². The van der Waals surface area contributed by atoms with E-state index in [9.17, 15) is 0 Å². The summed E-state index contributed by atoms with van der Waals surface area (Å²) < 4.78 is 5.32. The fourth-order valence-corrected chi connectivity index (χ4v) is 1.83. The Kier molecular flexibility index (Phi) is 4.77. The Balaban J connectivity index is 2.92. The predicted octanol–water partition coefficient (Wildman–Crippen LogP) is 2.55. The second-order valence-electron chi connectivity index (χ2n) is 4.58. The Bertz CT molecular complexity index is 337. The highest BCUT2D eigenvalue weighted by Gasteiger charge is 2.13. The Morgan fingerprint density at radius 3 is 2.56 bits per heavy atom. The molecule has 0 spiro atoms. The van der Waals surface area contributed by atoms with Crippen LogP contribution in [0.15, 0.2) is 18.2 Å². The highest BCUT2D eigenvalue weighted by Crippen LogP contribution is 2.26. The van der Waals surface area contributed by atoms with Crippen molar-refractivity contribution in [2.24, 2.45) is 11.8 Å². The molecule has 0 amide bonds. The summed E-state index contributed by atoms with van der Waals surface area (Å²) in [6, 6.07) is 6.42. The van der Waals surface area contributed by atoms with Gasteiger partial charge in [0.15, 0.2) is 0 Å². The number of methoxy groups -OCH3 is 1. The van der Waals surface area contributed by atoms with Crippen LogP contribution in [-0.4, -0.2) is 7.11 Å². The smallest absolute Gasteiger partial charge is 0.122 e. The van der Waals surface area contributed by atoms with E-state index >= 15 is 0 Å². The van der Waals surface area contributed by atoms with Gasteiger partial charge in [-0.05, 0) is 36.5 Å². The second-order valence-corrected chi connectivity index (χ2v) is 4.58. The van der Waals surface area contributed by atoms with E-state index < -0.39 is 0 Å². The molecule has 0 heterocycles. The van der Waals surface area contributed by atoms with Crippen LogP contribution in [0, 0.1) is 12.8 Å². The van der Waals surface area contributed by atoms with Gasteiger partial charge in [-0.1, -0.05) is 26.0 Å². The van der Waals surface area contributed by atoms with Crippen LogP contribution >= 0.6 is 0 Å². The average molecular weight is 222 g/mol. The molecule has 1 aromatic carbocycles. The van der Waals surface area contributed by atoms with Crippen LogP contribution in [0.1, 0.15) is 37.4 Å². The van der Waals surface area contributed by atoms with Gasteiger partial charge in [-0.3, -0.25) is 11.3 Å². The van der Waals surface area contributed by atoms with Crippen molar-refractivity contribution in [1.29, 1.82) is 0 Å². The SMILES string of the molecule is COc1cc(C(CC(C)C)NN)ccc1C. The van der Waals surface area contributed by atoms with Crippen molar-refractivity contribution in [3.8, 4) is 5.75 Å². The number of nitrogens with one attached hydrogen (secondary N) is 1. The number of hydrogen-bond acceptors (Lipinski definition) is 3. The number of hydrazine groups is 1. The summed E-state index contributed by atoms with van der Waals surface area (Å²) >= 11 is 0. The van der Waals surface area contributed by atoms with Crippen LogP contribution in [0.5, 0.6) is 5.75 Å². The van der Waals surface area contributed by atoms with Gasteiger partial charge in [-0.25, -0.2) is 0 Å². The number of rotatable bonds is 5.